The minimum Gasteiger partial charge on any atom is -0.508 e. The molecule has 0 unspecified atom stereocenters. The number of hydrogen-bond acceptors (Lipinski definition) is 3. The Morgan fingerprint density at radius 2 is 1.91 bits per heavy atom. The molecule has 22 heavy (non-hydrogen) atoms. The maximum atomic E-state index is 12.0. The summed E-state index contributed by atoms with van der Waals surface area (Å²) in [7, 11) is 0. The summed E-state index contributed by atoms with van der Waals surface area (Å²) in [6.45, 7) is 1.83. The van der Waals surface area contributed by atoms with Crippen molar-refractivity contribution in [1.82, 2.24) is 0 Å². The van der Waals surface area contributed by atoms with Crippen LogP contribution in [0.3, 0.4) is 0 Å². The number of hydrogen-bond donors (Lipinski definition) is 3. The predicted octanol–water partition coefficient (Wildman–Crippen LogP) is 2.97. The number of anilines is 1. The first-order valence-corrected chi connectivity index (χ1v) is 6.87. The second-order valence-corrected chi connectivity index (χ2v) is 5.07. The fourth-order valence-electron chi connectivity index (χ4n) is 2.13. The number of benzene rings is 2. The summed E-state index contributed by atoms with van der Waals surface area (Å²) in [5.41, 5.74) is 2.08. The van der Waals surface area contributed by atoms with Crippen molar-refractivity contribution in [2.24, 2.45) is 0 Å². The Kier molecular flexibility index (Phi) is 4.78. The number of phenolic OH excluding ortho intramolecular Hbond substituents is 1. The van der Waals surface area contributed by atoms with Gasteiger partial charge in [0, 0.05) is 6.42 Å². The lowest BCUT2D eigenvalue weighted by Crippen LogP contribution is -2.15. The quantitative estimate of drug-likeness (QED) is 0.792. The van der Waals surface area contributed by atoms with Crippen molar-refractivity contribution in [3.05, 3.63) is 59.2 Å². The van der Waals surface area contributed by atoms with Gasteiger partial charge >= 0.3 is 5.97 Å². The first-order valence-electron chi connectivity index (χ1n) is 6.87. The number of carboxylic acids is 1. The van der Waals surface area contributed by atoms with Gasteiger partial charge in [-0.15, -0.1) is 0 Å². The van der Waals surface area contributed by atoms with Gasteiger partial charge in [0.1, 0.15) is 5.75 Å². The van der Waals surface area contributed by atoms with Gasteiger partial charge in [-0.05, 0) is 48.7 Å². The van der Waals surface area contributed by atoms with Crippen molar-refractivity contribution in [1.29, 1.82) is 0 Å². The topological polar surface area (TPSA) is 86.6 Å². The van der Waals surface area contributed by atoms with Crippen LogP contribution in [0.5, 0.6) is 5.75 Å². The molecule has 1 amide bonds. The lowest BCUT2D eigenvalue weighted by molar-refractivity contribution is -0.116. The zero-order valence-electron chi connectivity index (χ0n) is 12.2. The Balaban J connectivity index is 2.03. The average Bonchev–Trinajstić information content (AvgIpc) is 2.45. The van der Waals surface area contributed by atoms with Crippen LogP contribution in [-0.4, -0.2) is 22.1 Å². The number of carbonyl (C=O) groups excluding carboxylic acids is 1. The molecule has 0 aliphatic carbocycles. The predicted molar refractivity (Wildman–Crippen MR) is 83.2 cm³/mol. The highest BCUT2D eigenvalue weighted by molar-refractivity contribution is 6.00. The second kappa shape index (κ2) is 6.76. The van der Waals surface area contributed by atoms with E-state index < -0.39 is 5.97 Å². The zero-order valence-corrected chi connectivity index (χ0v) is 12.2. The van der Waals surface area contributed by atoms with Gasteiger partial charge in [-0.25, -0.2) is 4.79 Å². The molecule has 0 fully saturated rings. The van der Waals surface area contributed by atoms with E-state index in [0.29, 0.717) is 12.1 Å². The van der Waals surface area contributed by atoms with Crippen LogP contribution in [0.2, 0.25) is 0 Å². The number of aromatic carboxylic acids is 1. The van der Waals surface area contributed by atoms with E-state index in [-0.39, 0.29) is 23.6 Å². The van der Waals surface area contributed by atoms with Gasteiger partial charge < -0.3 is 15.5 Å². The average molecular weight is 299 g/mol. The molecule has 0 saturated heterocycles. The minimum atomic E-state index is -1.08. The van der Waals surface area contributed by atoms with E-state index in [1.54, 1.807) is 30.3 Å². The van der Waals surface area contributed by atoms with Crippen LogP contribution in [0.1, 0.15) is 27.9 Å². The Labute approximate surface area is 128 Å². The fraction of sp³-hybridized carbons (Fsp3) is 0.176. The first kappa shape index (κ1) is 15.6. The third-order valence-corrected chi connectivity index (χ3v) is 3.23. The van der Waals surface area contributed by atoms with Crippen LogP contribution in [0.15, 0.2) is 42.5 Å². The standard InChI is InChI=1S/C17H17NO4/c1-11-5-7-14(17(21)22)15(9-11)18-16(20)8-6-12-3-2-4-13(19)10-12/h2-5,7,9-10,19H,6,8H2,1H3,(H,18,20)(H,21,22). The molecule has 0 atom stereocenters. The molecule has 0 heterocycles. The molecule has 114 valence electrons. The van der Waals surface area contributed by atoms with Crippen molar-refractivity contribution in [3.8, 4) is 5.75 Å². The van der Waals surface area contributed by atoms with Gasteiger partial charge in [0.05, 0.1) is 11.3 Å². The Morgan fingerprint density at radius 1 is 1.14 bits per heavy atom. The SMILES string of the molecule is Cc1ccc(C(=O)O)c(NC(=O)CCc2cccc(O)c2)c1. The minimum absolute atomic E-state index is 0.0660. The van der Waals surface area contributed by atoms with Gasteiger partial charge in [-0.3, -0.25) is 4.79 Å². The smallest absolute Gasteiger partial charge is 0.337 e. The van der Waals surface area contributed by atoms with E-state index in [1.165, 1.54) is 6.07 Å². The molecular weight excluding hydrogens is 282 g/mol. The van der Waals surface area contributed by atoms with E-state index in [1.807, 2.05) is 13.0 Å². The van der Waals surface area contributed by atoms with Gasteiger partial charge in [-0.2, -0.15) is 0 Å². The lowest BCUT2D eigenvalue weighted by Gasteiger charge is -2.09. The summed E-state index contributed by atoms with van der Waals surface area (Å²) in [4.78, 5) is 23.1. The number of carbonyl (C=O) groups is 2. The summed E-state index contributed by atoms with van der Waals surface area (Å²) >= 11 is 0. The summed E-state index contributed by atoms with van der Waals surface area (Å²) in [6.07, 6.45) is 0.672. The number of aromatic hydroxyl groups is 1. The van der Waals surface area contributed by atoms with Crippen molar-refractivity contribution in [2.75, 3.05) is 5.32 Å². The Morgan fingerprint density at radius 3 is 2.59 bits per heavy atom. The monoisotopic (exact) mass is 299 g/mol. The van der Waals surface area contributed by atoms with Gasteiger partial charge in [0.15, 0.2) is 0 Å². The number of rotatable bonds is 5. The summed E-state index contributed by atoms with van der Waals surface area (Å²) in [6, 6.07) is 11.5. The van der Waals surface area contributed by atoms with Crippen LogP contribution < -0.4 is 5.32 Å². The maximum Gasteiger partial charge on any atom is 0.337 e. The number of phenols is 1. The summed E-state index contributed by atoms with van der Waals surface area (Å²) in [5.74, 6) is -1.19. The number of carboxylic acid groups (broad SMARTS) is 1. The van der Waals surface area contributed by atoms with E-state index in [9.17, 15) is 14.7 Å². The molecule has 2 aromatic carbocycles. The largest absolute Gasteiger partial charge is 0.508 e. The third-order valence-electron chi connectivity index (χ3n) is 3.23. The lowest BCUT2D eigenvalue weighted by atomic mass is 10.1. The second-order valence-electron chi connectivity index (χ2n) is 5.07. The Hall–Kier alpha value is -2.82. The fourth-order valence-corrected chi connectivity index (χ4v) is 2.13. The van der Waals surface area contributed by atoms with Crippen LogP contribution in [0, 0.1) is 6.92 Å². The van der Waals surface area contributed by atoms with E-state index >= 15 is 0 Å². The van der Waals surface area contributed by atoms with Crippen LogP contribution in [-0.2, 0) is 11.2 Å². The molecule has 0 spiro atoms. The van der Waals surface area contributed by atoms with E-state index in [4.69, 9.17) is 5.11 Å². The van der Waals surface area contributed by atoms with Gasteiger partial charge in [0.2, 0.25) is 5.91 Å². The number of aryl methyl sites for hydroxylation is 2. The molecule has 3 N–H and O–H groups in total. The molecule has 0 aromatic heterocycles. The first-order chi connectivity index (χ1) is 10.5. The molecular formula is C17H17NO4. The molecule has 2 rings (SSSR count). The molecule has 2 aromatic rings. The summed E-state index contributed by atoms with van der Waals surface area (Å²) in [5, 5.41) is 21.1. The highest BCUT2D eigenvalue weighted by Crippen LogP contribution is 2.18. The maximum absolute atomic E-state index is 12.0. The normalized spacial score (nSPS) is 10.2. The third kappa shape index (κ3) is 4.09. The van der Waals surface area contributed by atoms with Gasteiger partial charge in [-0.1, -0.05) is 18.2 Å². The van der Waals surface area contributed by atoms with Crippen molar-refractivity contribution >= 4 is 17.6 Å². The molecule has 5 heteroatoms. The van der Waals surface area contributed by atoms with Crippen molar-refractivity contribution in [3.63, 3.8) is 0 Å². The molecule has 0 aliphatic heterocycles. The van der Waals surface area contributed by atoms with Crippen LogP contribution in [0.4, 0.5) is 5.69 Å². The molecule has 0 saturated carbocycles. The molecule has 5 nitrogen and oxygen atoms in total. The van der Waals surface area contributed by atoms with Crippen LogP contribution in [0.25, 0.3) is 0 Å². The van der Waals surface area contributed by atoms with E-state index in [2.05, 4.69) is 5.32 Å². The van der Waals surface area contributed by atoms with Crippen molar-refractivity contribution < 1.29 is 19.8 Å². The highest BCUT2D eigenvalue weighted by atomic mass is 16.4. The number of amides is 1. The molecule has 0 radical (unpaired) electrons. The van der Waals surface area contributed by atoms with Gasteiger partial charge in [0.25, 0.3) is 0 Å². The van der Waals surface area contributed by atoms with E-state index in [0.717, 1.165) is 11.1 Å². The zero-order chi connectivity index (χ0) is 16.1. The molecule has 0 aliphatic rings. The summed E-state index contributed by atoms with van der Waals surface area (Å²) < 4.78 is 0. The number of nitrogens with one attached hydrogen (secondary N) is 1. The Bertz CT molecular complexity index is 710. The molecule has 0 bridgehead atoms. The highest BCUT2D eigenvalue weighted by Gasteiger charge is 2.12. The van der Waals surface area contributed by atoms with Crippen LogP contribution >= 0.6 is 0 Å². The van der Waals surface area contributed by atoms with Crippen molar-refractivity contribution in [2.45, 2.75) is 19.8 Å².